The number of halogens is 1. The van der Waals surface area contributed by atoms with Gasteiger partial charge in [0.15, 0.2) is 0 Å². The highest BCUT2D eigenvalue weighted by molar-refractivity contribution is 7.92. The van der Waals surface area contributed by atoms with Crippen molar-refractivity contribution in [2.45, 2.75) is 0 Å². The van der Waals surface area contributed by atoms with E-state index in [-0.39, 0.29) is 24.3 Å². The zero-order chi connectivity index (χ0) is 13.8. The molecule has 0 aliphatic heterocycles. The average Bonchev–Trinajstić information content (AvgIpc) is 2.26. The second kappa shape index (κ2) is 5.78. The van der Waals surface area contributed by atoms with E-state index in [9.17, 15) is 17.6 Å². The van der Waals surface area contributed by atoms with Crippen LogP contribution >= 0.6 is 0 Å². The van der Waals surface area contributed by atoms with Crippen molar-refractivity contribution in [3.63, 3.8) is 0 Å². The third kappa shape index (κ3) is 4.30. The molecule has 1 aromatic rings. The number of sulfonamides is 1. The summed E-state index contributed by atoms with van der Waals surface area (Å²) in [5.41, 5.74) is 5.16. The maximum absolute atomic E-state index is 13.1. The number of anilines is 1. The number of benzene rings is 1. The molecular formula is C10H14FN3O3S. The first-order valence-corrected chi connectivity index (χ1v) is 6.98. The molecular weight excluding hydrogens is 261 g/mol. The summed E-state index contributed by atoms with van der Waals surface area (Å²) >= 11 is 0. The van der Waals surface area contributed by atoms with Crippen LogP contribution in [0.5, 0.6) is 0 Å². The van der Waals surface area contributed by atoms with Crippen LogP contribution < -0.4 is 15.8 Å². The van der Waals surface area contributed by atoms with Gasteiger partial charge in [0.1, 0.15) is 5.82 Å². The molecule has 0 bridgehead atoms. The van der Waals surface area contributed by atoms with Crippen LogP contribution in [0.15, 0.2) is 18.2 Å². The number of rotatable bonds is 5. The van der Waals surface area contributed by atoms with E-state index in [2.05, 4.69) is 10.0 Å². The summed E-state index contributed by atoms with van der Waals surface area (Å²) in [6.45, 7) is 0.448. The monoisotopic (exact) mass is 275 g/mol. The molecule has 4 N–H and O–H groups in total. The van der Waals surface area contributed by atoms with Crippen LogP contribution in [0.1, 0.15) is 10.4 Å². The number of nitrogens with two attached hydrogens (primary N) is 1. The van der Waals surface area contributed by atoms with Gasteiger partial charge in [-0.3, -0.25) is 9.52 Å². The fraction of sp³-hybridized carbons (Fsp3) is 0.300. The van der Waals surface area contributed by atoms with Crippen LogP contribution in [0.3, 0.4) is 0 Å². The van der Waals surface area contributed by atoms with Gasteiger partial charge < -0.3 is 11.1 Å². The van der Waals surface area contributed by atoms with Crippen molar-refractivity contribution in [3.8, 4) is 0 Å². The SMILES string of the molecule is CS(=O)(=O)Nc1ccc(F)cc1C(=O)NCCN. The maximum Gasteiger partial charge on any atom is 0.253 e. The lowest BCUT2D eigenvalue weighted by Gasteiger charge is -2.10. The summed E-state index contributed by atoms with van der Waals surface area (Å²) in [5.74, 6) is -1.22. The van der Waals surface area contributed by atoms with E-state index in [0.29, 0.717) is 0 Å². The highest BCUT2D eigenvalue weighted by atomic mass is 32.2. The molecule has 1 amide bonds. The summed E-state index contributed by atoms with van der Waals surface area (Å²) in [5, 5.41) is 2.44. The van der Waals surface area contributed by atoms with Gasteiger partial charge >= 0.3 is 0 Å². The summed E-state index contributed by atoms with van der Waals surface area (Å²) in [4.78, 5) is 11.7. The predicted molar refractivity (Wildman–Crippen MR) is 66.3 cm³/mol. The zero-order valence-electron chi connectivity index (χ0n) is 9.73. The second-order valence-corrected chi connectivity index (χ2v) is 5.36. The van der Waals surface area contributed by atoms with Gasteiger partial charge in [0.25, 0.3) is 5.91 Å². The molecule has 0 saturated carbocycles. The maximum atomic E-state index is 13.1. The Bertz CT molecular complexity index is 545. The van der Waals surface area contributed by atoms with Crippen molar-refractivity contribution in [1.82, 2.24) is 5.32 Å². The van der Waals surface area contributed by atoms with E-state index >= 15 is 0 Å². The van der Waals surface area contributed by atoms with Crippen molar-refractivity contribution in [1.29, 1.82) is 0 Å². The summed E-state index contributed by atoms with van der Waals surface area (Å²) in [7, 11) is -3.54. The first kappa shape index (κ1) is 14.4. The Morgan fingerprint density at radius 3 is 2.67 bits per heavy atom. The molecule has 1 aromatic carbocycles. The molecule has 0 atom stereocenters. The van der Waals surface area contributed by atoms with Crippen LogP contribution in [0.2, 0.25) is 0 Å². The van der Waals surface area contributed by atoms with E-state index in [0.717, 1.165) is 18.4 Å². The molecule has 0 aliphatic carbocycles. The fourth-order valence-electron chi connectivity index (χ4n) is 1.27. The molecule has 8 heteroatoms. The minimum Gasteiger partial charge on any atom is -0.351 e. The smallest absolute Gasteiger partial charge is 0.253 e. The van der Waals surface area contributed by atoms with Crippen LogP contribution in [0.25, 0.3) is 0 Å². The second-order valence-electron chi connectivity index (χ2n) is 3.61. The topological polar surface area (TPSA) is 101 Å². The molecule has 0 fully saturated rings. The van der Waals surface area contributed by atoms with E-state index in [1.54, 1.807) is 0 Å². The Hall–Kier alpha value is -1.67. The Balaban J connectivity index is 3.07. The van der Waals surface area contributed by atoms with Gasteiger partial charge in [-0.15, -0.1) is 0 Å². The highest BCUT2D eigenvalue weighted by Crippen LogP contribution is 2.18. The molecule has 0 radical (unpaired) electrons. The lowest BCUT2D eigenvalue weighted by molar-refractivity contribution is 0.0955. The normalized spacial score (nSPS) is 11.1. The lowest BCUT2D eigenvalue weighted by Crippen LogP contribution is -2.30. The summed E-state index contributed by atoms with van der Waals surface area (Å²) in [6.07, 6.45) is 0.942. The van der Waals surface area contributed by atoms with Gasteiger partial charge in [-0.1, -0.05) is 0 Å². The Kier molecular flexibility index (Phi) is 4.62. The molecule has 0 aliphatic rings. The van der Waals surface area contributed by atoms with Crippen molar-refractivity contribution < 1.29 is 17.6 Å². The van der Waals surface area contributed by atoms with Crippen molar-refractivity contribution in [2.75, 3.05) is 24.1 Å². The van der Waals surface area contributed by atoms with Crippen molar-refractivity contribution in [3.05, 3.63) is 29.6 Å². The van der Waals surface area contributed by atoms with Crippen LogP contribution in [-0.4, -0.2) is 33.7 Å². The molecule has 1 rings (SSSR count). The van der Waals surface area contributed by atoms with Crippen LogP contribution in [-0.2, 0) is 10.0 Å². The van der Waals surface area contributed by atoms with Gasteiger partial charge in [0, 0.05) is 13.1 Å². The Morgan fingerprint density at radius 1 is 1.44 bits per heavy atom. The molecule has 0 saturated heterocycles. The molecule has 18 heavy (non-hydrogen) atoms. The van der Waals surface area contributed by atoms with Crippen LogP contribution in [0.4, 0.5) is 10.1 Å². The van der Waals surface area contributed by atoms with E-state index in [1.165, 1.54) is 6.07 Å². The molecule has 0 unspecified atom stereocenters. The van der Waals surface area contributed by atoms with Crippen molar-refractivity contribution in [2.24, 2.45) is 5.73 Å². The van der Waals surface area contributed by atoms with E-state index in [1.807, 2.05) is 0 Å². The first-order chi connectivity index (χ1) is 8.33. The van der Waals surface area contributed by atoms with Gasteiger partial charge in [-0.2, -0.15) is 0 Å². The minimum atomic E-state index is -3.54. The molecule has 0 spiro atoms. The quantitative estimate of drug-likeness (QED) is 0.697. The molecule has 100 valence electrons. The largest absolute Gasteiger partial charge is 0.351 e. The number of carbonyl (C=O) groups is 1. The fourth-order valence-corrected chi connectivity index (χ4v) is 1.85. The van der Waals surface area contributed by atoms with Gasteiger partial charge in [-0.25, -0.2) is 12.8 Å². The third-order valence-corrected chi connectivity index (χ3v) is 2.54. The zero-order valence-corrected chi connectivity index (χ0v) is 10.6. The lowest BCUT2D eigenvalue weighted by atomic mass is 10.1. The number of hydrogen-bond donors (Lipinski definition) is 3. The number of nitrogens with one attached hydrogen (secondary N) is 2. The minimum absolute atomic E-state index is 0.0217. The average molecular weight is 275 g/mol. The first-order valence-electron chi connectivity index (χ1n) is 5.09. The molecule has 0 heterocycles. The standard InChI is InChI=1S/C10H14FN3O3S/c1-18(16,17)14-9-3-2-7(11)6-8(9)10(15)13-5-4-12/h2-3,6,14H,4-5,12H2,1H3,(H,13,15). The number of amides is 1. The van der Waals surface area contributed by atoms with Gasteiger partial charge in [0.05, 0.1) is 17.5 Å². The summed E-state index contributed by atoms with van der Waals surface area (Å²) < 4.78 is 37.5. The number of hydrogen-bond acceptors (Lipinski definition) is 4. The predicted octanol–water partition coefficient (Wildman–Crippen LogP) is -0.114. The van der Waals surface area contributed by atoms with Gasteiger partial charge in [-0.05, 0) is 18.2 Å². The highest BCUT2D eigenvalue weighted by Gasteiger charge is 2.14. The third-order valence-electron chi connectivity index (χ3n) is 1.95. The Labute approximate surface area is 104 Å². The van der Waals surface area contributed by atoms with E-state index < -0.39 is 21.7 Å². The van der Waals surface area contributed by atoms with Gasteiger partial charge in [0.2, 0.25) is 10.0 Å². The van der Waals surface area contributed by atoms with Crippen molar-refractivity contribution >= 4 is 21.6 Å². The number of carbonyl (C=O) groups excluding carboxylic acids is 1. The summed E-state index contributed by atoms with van der Waals surface area (Å²) in [6, 6.07) is 3.21. The Morgan fingerprint density at radius 2 is 2.11 bits per heavy atom. The van der Waals surface area contributed by atoms with E-state index in [4.69, 9.17) is 5.73 Å². The van der Waals surface area contributed by atoms with Crippen LogP contribution in [0, 0.1) is 5.82 Å². The molecule has 0 aromatic heterocycles. The molecule has 6 nitrogen and oxygen atoms in total.